The molecule has 0 spiro atoms. The van der Waals surface area contributed by atoms with Gasteiger partial charge in [0.2, 0.25) is 0 Å². The molecule has 0 N–H and O–H groups in total. The summed E-state index contributed by atoms with van der Waals surface area (Å²) in [5, 5.41) is -0.118. The molecular formula is C15H12BrClO2S. The van der Waals surface area contributed by atoms with Crippen LogP contribution in [0.1, 0.15) is 17.3 Å². The molecule has 5 heteroatoms. The molecule has 104 valence electrons. The second-order valence-electron chi connectivity index (χ2n) is 4.27. The number of carbonyl (C=O) groups excluding carboxylic acids is 1. The van der Waals surface area contributed by atoms with E-state index in [0.29, 0.717) is 15.5 Å². The number of Topliss-reactive ketones (excluding diaryl/α,β-unsaturated/α-hetero) is 1. The molecule has 0 bridgehead atoms. The van der Waals surface area contributed by atoms with E-state index in [9.17, 15) is 9.00 Å². The molecule has 2 aromatic rings. The fourth-order valence-corrected chi connectivity index (χ4v) is 3.34. The van der Waals surface area contributed by atoms with E-state index < -0.39 is 16.0 Å². The Morgan fingerprint density at radius 1 is 1.20 bits per heavy atom. The quantitative estimate of drug-likeness (QED) is 0.743. The van der Waals surface area contributed by atoms with Crippen LogP contribution in [0, 0.1) is 0 Å². The topological polar surface area (TPSA) is 34.1 Å². The fourth-order valence-electron chi connectivity index (χ4n) is 1.75. The Balaban J connectivity index is 2.22. The van der Waals surface area contributed by atoms with Crippen molar-refractivity contribution in [1.29, 1.82) is 0 Å². The van der Waals surface area contributed by atoms with Gasteiger partial charge in [-0.1, -0.05) is 39.7 Å². The van der Waals surface area contributed by atoms with Gasteiger partial charge >= 0.3 is 0 Å². The summed E-state index contributed by atoms with van der Waals surface area (Å²) in [6.07, 6.45) is 0. The number of benzene rings is 2. The van der Waals surface area contributed by atoms with E-state index in [1.54, 1.807) is 43.3 Å². The highest BCUT2D eigenvalue weighted by atomic mass is 79.9. The first-order chi connectivity index (χ1) is 9.49. The summed E-state index contributed by atoms with van der Waals surface area (Å²) in [6, 6.07) is 13.8. The van der Waals surface area contributed by atoms with E-state index in [2.05, 4.69) is 15.9 Å². The third-order valence-electron chi connectivity index (χ3n) is 2.85. The van der Waals surface area contributed by atoms with E-state index in [1.165, 1.54) is 0 Å². The number of hydrogen-bond acceptors (Lipinski definition) is 2. The van der Waals surface area contributed by atoms with Crippen molar-refractivity contribution in [2.24, 2.45) is 0 Å². The van der Waals surface area contributed by atoms with E-state index >= 15 is 0 Å². The molecular weight excluding hydrogens is 360 g/mol. The number of hydrogen-bond donors (Lipinski definition) is 0. The molecule has 2 unspecified atom stereocenters. The highest BCUT2D eigenvalue weighted by Crippen LogP contribution is 2.19. The molecule has 2 atom stereocenters. The second kappa shape index (κ2) is 6.66. The van der Waals surface area contributed by atoms with Crippen LogP contribution in [0.3, 0.4) is 0 Å². The Morgan fingerprint density at radius 2 is 1.85 bits per heavy atom. The zero-order valence-electron chi connectivity index (χ0n) is 10.7. The lowest BCUT2D eigenvalue weighted by atomic mass is 10.1. The summed E-state index contributed by atoms with van der Waals surface area (Å²) in [5.74, 6) is -0.172. The van der Waals surface area contributed by atoms with Crippen LogP contribution in [-0.4, -0.2) is 15.2 Å². The molecule has 0 saturated carbocycles. The molecule has 0 aromatic heterocycles. The van der Waals surface area contributed by atoms with Crippen LogP contribution in [0.15, 0.2) is 57.9 Å². The number of rotatable bonds is 4. The van der Waals surface area contributed by atoms with E-state index in [1.807, 2.05) is 12.1 Å². The zero-order chi connectivity index (χ0) is 14.7. The van der Waals surface area contributed by atoms with E-state index in [4.69, 9.17) is 11.6 Å². The van der Waals surface area contributed by atoms with Crippen LogP contribution < -0.4 is 0 Å². The standard InChI is InChI=1S/C15H12BrClO2S/c1-10(15(18)11-3-2-4-13(17)9-11)20(19)14-7-5-12(16)6-8-14/h2-10H,1H3. The minimum absolute atomic E-state index is 0.172. The Kier molecular flexibility index (Phi) is 5.13. The van der Waals surface area contributed by atoms with Gasteiger partial charge in [0, 0.05) is 20.0 Å². The Hall–Kier alpha value is -0.970. The van der Waals surface area contributed by atoms with Crippen molar-refractivity contribution in [1.82, 2.24) is 0 Å². The second-order valence-corrected chi connectivity index (χ2v) is 7.39. The van der Waals surface area contributed by atoms with Gasteiger partial charge < -0.3 is 0 Å². The predicted molar refractivity (Wildman–Crippen MR) is 85.8 cm³/mol. The van der Waals surface area contributed by atoms with Crippen molar-refractivity contribution >= 4 is 44.1 Å². The van der Waals surface area contributed by atoms with Gasteiger partial charge in [0.1, 0.15) is 0 Å². The summed E-state index contributed by atoms with van der Waals surface area (Å²) >= 11 is 9.20. The van der Waals surface area contributed by atoms with Crippen LogP contribution in [0.25, 0.3) is 0 Å². The van der Waals surface area contributed by atoms with Gasteiger partial charge in [-0.05, 0) is 43.3 Å². The Bertz CT molecular complexity index is 655. The van der Waals surface area contributed by atoms with Gasteiger partial charge in [-0.3, -0.25) is 9.00 Å². The molecule has 0 radical (unpaired) electrons. The lowest BCUT2D eigenvalue weighted by Crippen LogP contribution is -2.22. The monoisotopic (exact) mass is 370 g/mol. The van der Waals surface area contributed by atoms with E-state index in [-0.39, 0.29) is 5.78 Å². The SMILES string of the molecule is CC(C(=O)c1cccc(Cl)c1)S(=O)c1ccc(Br)cc1. The molecule has 2 rings (SSSR count). The lowest BCUT2D eigenvalue weighted by molar-refractivity contribution is 0.0992. The fraction of sp³-hybridized carbons (Fsp3) is 0.133. The maximum Gasteiger partial charge on any atom is 0.178 e. The first-order valence-electron chi connectivity index (χ1n) is 5.95. The zero-order valence-corrected chi connectivity index (χ0v) is 13.8. The summed E-state index contributed by atoms with van der Waals surface area (Å²) in [4.78, 5) is 13.0. The lowest BCUT2D eigenvalue weighted by Gasteiger charge is -2.11. The van der Waals surface area contributed by atoms with Gasteiger partial charge in [-0.2, -0.15) is 0 Å². The number of carbonyl (C=O) groups is 1. The Morgan fingerprint density at radius 3 is 2.45 bits per heavy atom. The maximum absolute atomic E-state index is 12.4. The number of ketones is 1. The van der Waals surface area contributed by atoms with Crippen molar-refractivity contribution < 1.29 is 9.00 Å². The largest absolute Gasteiger partial charge is 0.293 e. The van der Waals surface area contributed by atoms with Crippen LogP contribution in [0.2, 0.25) is 5.02 Å². The molecule has 0 saturated heterocycles. The van der Waals surface area contributed by atoms with Crippen molar-refractivity contribution in [3.05, 3.63) is 63.6 Å². The predicted octanol–water partition coefficient (Wildman–Crippen LogP) is 4.48. The Labute approximate surface area is 133 Å². The van der Waals surface area contributed by atoms with E-state index in [0.717, 1.165) is 4.47 Å². The third-order valence-corrected chi connectivity index (χ3v) is 5.20. The highest BCUT2D eigenvalue weighted by molar-refractivity contribution is 9.10. The molecule has 2 nitrogen and oxygen atoms in total. The highest BCUT2D eigenvalue weighted by Gasteiger charge is 2.22. The van der Waals surface area contributed by atoms with Gasteiger partial charge in [-0.25, -0.2) is 0 Å². The van der Waals surface area contributed by atoms with Gasteiger partial charge in [0.25, 0.3) is 0 Å². The molecule has 0 heterocycles. The molecule has 0 aliphatic rings. The van der Waals surface area contributed by atoms with Crippen molar-refractivity contribution in [3.63, 3.8) is 0 Å². The molecule has 0 aliphatic carbocycles. The van der Waals surface area contributed by atoms with Crippen LogP contribution in [0.4, 0.5) is 0 Å². The molecule has 0 fully saturated rings. The smallest absolute Gasteiger partial charge is 0.178 e. The van der Waals surface area contributed by atoms with Gasteiger partial charge in [-0.15, -0.1) is 0 Å². The molecule has 20 heavy (non-hydrogen) atoms. The van der Waals surface area contributed by atoms with Crippen LogP contribution >= 0.6 is 27.5 Å². The summed E-state index contributed by atoms with van der Waals surface area (Å²) in [7, 11) is -1.39. The van der Waals surface area contributed by atoms with Crippen LogP contribution in [0.5, 0.6) is 0 Å². The molecule has 2 aromatic carbocycles. The average Bonchev–Trinajstić information content (AvgIpc) is 2.46. The third kappa shape index (κ3) is 3.57. The maximum atomic E-state index is 12.4. The average molecular weight is 372 g/mol. The van der Waals surface area contributed by atoms with Gasteiger partial charge in [0.15, 0.2) is 5.78 Å². The van der Waals surface area contributed by atoms with Crippen molar-refractivity contribution in [2.45, 2.75) is 17.1 Å². The van der Waals surface area contributed by atoms with Gasteiger partial charge in [0.05, 0.1) is 16.0 Å². The minimum Gasteiger partial charge on any atom is -0.293 e. The summed E-state index contributed by atoms with van der Waals surface area (Å²) < 4.78 is 13.3. The number of halogens is 2. The molecule has 0 aliphatic heterocycles. The summed E-state index contributed by atoms with van der Waals surface area (Å²) in [6.45, 7) is 1.67. The van der Waals surface area contributed by atoms with Crippen molar-refractivity contribution in [3.8, 4) is 0 Å². The normalized spacial score (nSPS) is 13.8. The van der Waals surface area contributed by atoms with Crippen molar-refractivity contribution in [2.75, 3.05) is 0 Å². The molecule has 0 amide bonds. The minimum atomic E-state index is -1.39. The summed E-state index contributed by atoms with van der Waals surface area (Å²) in [5.41, 5.74) is 0.482. The first-order valence-corrected chi connectivity index (χ1v) is 8.33. The first kappa shape index (κ1) is 15.4. The van der Waals surface area contributed by atoms with Crippen LogP contribution in [-0.2, 0) is 10.8 Å².